The zero-order valence-corrected chi connectivity index (χ0v) is 13.5. The Morgan fingerprint density at radius 2 is 1.83 bits per heavy atom. The predicted molar refractivity (Wildman–Crippen MR) is 89.4 cm³/mol. The van der Waals surface area contributed by atoms with E-state index in [0.717, 1.165) is 5.56 Å². The minimum atomic E-state index is -0.317. The zero-order chi connectivity index (χ0) is 16.7. The topological polar surface area (TPSA) is 38.3 Å². The molecule has 0 heterocycles. The molecule has 1 amide bonds. The van der Waals surface area contributed by atoms with E-state index in [-0.39, 0.29) is 11.6 Å². The number of aryl methyl sites for hydroxylation is 1. The minimum Gasteiger partial charge on any atom is -0.454 e. The van der Waals surface area contributed by atoms with Crippen LogP contribution in [-0.4, -0.2) is 13.5 Å². The second-order valence-electron chi connectivity index (χ2n) is 5.64. The maximum absolute atomic E-state index is 13.7. The number of benzene rings is 2. The molecule has 2 aromatic rings. The fraction of sp³-hybridized carbons (Fsp3) is 0.316. The van der Waals surface area contributed by atoms with E-state index in [9.17, 15) is 4.39 Å². The summed E-state index contributed by atoms with van der Waals surface area (Å²) in [5, 5.41) is 2.25. The van der Waals surface area contributed by atoms with E-state index in [4.69, 9.17) is 9.53 Å². The predicted octanol–water partition coefficient (Wildman–Crippen LogP) is 4.56. The molecule has 0 spiro atoms. The van der Waals surface area contributed by atoms with Crippen LogP contribution in [0, 0.1) is 12.7 Å². The molecule has 0 atom stereocenters. The first-order valence-corrected chi connectivity index (χ1v) is 7.79. The lowest BCUT2D eigenvalue weighted by molar-refractivity contribution is -0.109. The van der Waals surface area contributed by atoms with Crippen molar-refractivity contribution < 1.29 is 13.9 Å². The maximum atomic E-state index is 13.7. The van der Waals surface area contributed by atoms with E-state index in [1.165, 1.54) is 30.9 Å². The van der Waals surface area contributed by atoms with Gasteiger partial charge in [0.25, 0.3) is 0 Å². The first-order valence-electron chi connectivity index (χ1n) is 7.79. The third-order valence-electron chi connectivity index (χ3n) is 3.89. The largest absolute Gasteiger partial charge is 0.454 e. The highest BCUT2D eigenvalue weighted by Gasteiger charge is 2.19. The number of hydrogen-bond donors (Lipinski definition) is 1. The highest BCUT2D eigenvalue weighted by Crippen LogP contribution is 2.37. The summed E-state index contributed by atoms with van der Waals surface area (Å²) in [6, 6.07) is 13.0. The molecule has 1 fully saturated rings. The van der Waals surface area contributed by atoms with Crippen molar-refractivity contribution in [2.45, 2.75) is 32.1 Å². The minimum absolute atomic E-state index is 0.280. The van der Waals surface area contributed by atoms with Crippen LogP contribution in [0.15, 0.2) is 42.5 Å². The van der Waals surface area contributed by atoms with Crippen molar-refractivity contribution in [3.63, 3.8) is 0 Å². The smallest absolute Gasteiger partial charge is 0.206 e. The normalized spacial score (nSPS) is 13.3. The van der Waals surface area contributed by atoms with Gasteiger partial charge in [0.1, 0.15) is 5.75 Å². The average molecular weight is 315 g/mol. The van der Waals surface area contributed by atoms with Crippen LogP contribution < -0.4 is 10.1 Å². The van der Waals surface area contributed by atoms with Gasteiger partial charge in [-0.15, -0.1) is 0 Å². The Hall–Kier alpha value is -2.36. The summed E-state index contributed by atoms with van der Waals surface area (Å²) in [6.45, 7) is 1.86. The highest BCUT2D eigenvalue weighted by molar-refractivity contribution is 5.44. The summed E-state index contributed by atoms with van der Waals surface area (Å²) in [6.07, 6.45) is 4.52. The lowest BCUT2D eigenvalue weighted by Gasteiger charge is -2.25. The summed E-state index contributed by atoms with van der Waals surface area (Å²) in [4.78, 5) is 9.06. The van der Waals surface area contributed by atoms with Crippen LogP contribution in [0.25, 0.3) is 0 Å². The van der Waals surface area contributed by atoms with E-state index < -0.39 is 0 Å². The Morgan fingerprint density at radius 3 is 2.30 bits per heavy atom. The van der Waals surface area contributed by atoms with Crippen molar-refractivity contribution in [3.8, 4) is 11.5 Å². The van der Waals surface area contributed by atoms with Gasteiger partial charge in [0.05, 0.1) is 0 Å². The third-order valence-corrected chi connectivity index (χ3v) is 3.89. The Labute approximate surface area is 136 Å². The van der Waals surface area contributed by atoms with Gasteiger partial charge in [0.15, 0.2) is 11.6 Å². The molecule has 0 bridgehead atoms. The van der Waals surface area contributed by atoms with Gasteiger partial charge in [0, 0.05) is 7.05 Å². The molecule has 23 heavy (non-hydrogen) atoms. The van der Waals surface area contributed by atoms with Gasteiger partial charge in [-0.1, -0.05) is 24.6 Å². The molecule has 0 unspecified atom stereocenters. The summed E-state index contributed by atoms with van der Waals surface area (Å²) in [7, 11) is 1.56. The van der Waals surface area contributed by atoms with Gasteiger partial charge in [0.2, 0.25) is 6.41 Å². The van der Waals surface area contributed by atoms with Crippen molar-refractivity contribution >= 4 is 6.41 Å². The van der Waals surface area contributed by atoms with Gasteiger partial charge in [-0.05, 0) is 61.1 Å². The molecule has 3 rings (SSSR count). The molecule has 1 aliphatic carbocycles. The Kier molecular flexibility index (Phi) is 6.15. The zero-order valence-electron chi connectivity index (χ0n) is 13.5. The molecule has 122 valence electrons. The van der Waals surface area contributed by atoms with E-state index in [1.807, 2.05) is 25.1 Å². The van der Waals surface area contributed by atoms with Crippen LogP contribution in [0.2, 0.25) is 0 Å². The number of nitrogens with one attached hydrogen (secondary N) is 1. The van der Waals surface area contributed by atoms with Crippen LogP contribution in [0.5, 0.6) is 11.5 Å². The van der Waals surface area contributed by atoms with Crippen LogP contribution >= 0.6 is 0 Å². The van der Waals surface area contributed by atoms with Crippen LogP contribution in [0.1, 0.15) is 36.3 Å². The van der Waals surface area contributed by atoms with E-state index >= 15 is 0 Å². The maximum Gasteiger partial charge on any atom is 0.206 e. The number of ether oxygens (including phenoxy) is 1. The average Bonchev–Trinajstić information content (AvgIpc) is 2.50. The summed E-state index contributed by atoms with van der Waals surface area (Å²) in [5.41, 5.74) is 2.26. The van der Waals surface area contributed by atoms with Gasteiger partial charge in [-0.25, -0.2) is 4.39 Å². The molecule has 0 saturated heterocycles. The molecule has 1 aliphatic rings. The first kappa shape index (κ1) is 17.0. The number of hydrogen-bond acceptors (Lipinski definition) is 2. The molecular formula is C19H22FNO2. The highest BCUT2D eigenvalue weighted by atomic mass is 19.1. The lowest BCUT2D eigenvalue weighted by Crippen LogP contribution is -2.08. The summed E-state index contributed by atoms with van der Waals surface area (Å²) < 4.78 is 19.3. The lowest BCUT2D eigenvalue weighted by atomic mass is 9.80. The number of rotatable bonds is 4. The Balaban J connectivity index is 0.000000433. The molecule has 0 aliphatic heterocycles. The van der Waals surface area contributed by atoms with Crippen LogP contribution in [0.3, 0.4) is 0 Å². The van der Waals surface area contributed by atoms with E-state index in [2.05, 4.69) is 17.4 Å². The van der Waals surface area contributed by atoms with E-state index in [0.29, 0.717) is 18.1 Å². The SMILES string of the molecule is CNC=O.Cc1ccc(Oc2ccc(C3CCC3)cc2)c(F)c1. The van der Waals surface area contributed by atoms with Crippen molar-refractivity contribution in [2.24, 2.45) is 0 Å². The van der Waals surface area contributed by atoms with Gasteiger partial charge < -0.3 is 10.1 Å². The second kappa shape index (κ2) is 8.32. The molecular weight excluding hydrogens is 293 g/mol. The third kappa shape index (κ3) is 4.81. The molecule has 2 aromatic carbocycles. The van der Waals surface area contributed by atoms with Gasteiger partial charge >= 0.3 is 0 Å². The van der Waals surface area contributed by atoms with Gasteiger partial charge in [-0.2, -0.15) is 0 Å². The first-order chi connectivity index (χ1) is 11.1. The van der Waals surface area contributed by atoms with Gasteiger partial charge in [-0.3, -0.25) is 4.79 Å². The Morgan fingerprint density at radius 1 is 1.17 bits per heavy atom. The summed E-state index contributed by atoms with van der Waals surface area (Å²) in [5.74, 6) is 1.36. The van der Waals surface area contributed by atoms with Crippen molar-refractivity contribution in [1.82, 2.24) is 5.32 Å². The standard InChI is InChI=1S/C17H17FO.C2H5NO/c1-12-5-10-17(16(18)11-12)19-15-8-6-14(7-9-15)13-3-2-4-13;1-3-2-4/h5-11,13H,2-4H2,1H3;2H,1H3,(H,3,4). The number of amides is 1. The molecule has 0 radical (unpaired) electrons. The van der Waals surface area contributed by atoms with E-state index in [1.54, 1.807) is 13.1 Å². The monoisotopic (exact) mass is 315 g/mol. The summed E-state index contributed by atoms with van der Waals surface area (Å²) >= 11 is 0. The Bertz CT molecular complexity index is 636. The van der Waals surface area contributed by atoms with Crippen molar-refractivity contribution in [3.05, 3.63) is 59.4 Å². The molecule has 1 saturated carbocycles. The number of carbonyl (C=O) groups is 1. The fourth-order valence-electron chi connectivity index (χ4n) is 2.37. The van der Waals surface area contributed by atoms with Crippen molar-refractivity contribution in [1.29, 1.82) is 0 Å². The second-order valence-corrected chi connectivity index (χ2v) is 5.64. The fourth-order valence-corrected chi connectivity index (χ4v) is 2.37. The molecule has 1 N–H and O–H groups in total. The van der Waals surface area contributed by atoms with Crippen molar-refractivity contribution in [2.75, 3.05) is 7.05 Å². The van der Waals surface area contributed by atoms with Crippen LogP contribution in [-0.2, 0) is 4.79 Å². The number of halogens is 1. The number of carbonyl (C=O) groups excluding carboxylic acids is 1. The molecule has 4 heteroatoms. The quantitative estimate of drug-likeness (QED) is 0.840. The van der Waals surface area contributed by atoms with Crippen LogP contribution in [0.4, 0.5) is 4.39 Å². The molecule has 3 nitrogen and oxygen atoms in total. The molecule has 0 aromatic heterocycles.